The Morgan fingerprint density at radius 1 is 0.966 bits per heavy atom. The predicted octanol–water partition coefficient (Wildman–Crippen LogP) is 6.01. The van der Waals surface area contributed by atoms with Crippen molar-refractivity contribution in [3.63, 3.8) is 0 Å². The van der Waals surface area contributed by atoms with Gasteiger partial charge in [-0.2, -0.15) is 0 Å². The van der Waals surface area contributed by atoms with Gasteiger partial charge in [0.15, 0.2) is 0 Å². The van der Waals surface area contributed by atoms with Gasteiger partial charge in [0, 0.05) is 22.9 Å². The van der Waals surface area contributed by atoms with E-state index in [4.69, 9.17) is 16.3 Å². The lowest BCUT2D eigenvalue weighted by molar-refractivity contribution is -0.394. The highest BCUT2D eigenvalue weighted by atomic mass is 35.5. The highest BCUT2D eigenvalue weighted by Gasteiger charge is 2.21. The summed E-state index contributed by atoms with van der Waals surface area (Å²) in [6.07, 6.45) is 1.54. The topological polar surface area (TPSA) is 108 Å². The Labute approximate surface area is 170 Å². The van der Waals surface area contributed by atoms with Crippen molar-refractivity contribution in [2.45, 2.75) is 6.92 Å². The van der Waals surface area contributed by atoms with Gasteiger partial charge in [-0.15, -0.1) is 0 Å². The van der Waals surface area contributed by atoms with Gasteiger partial charge in [-0.3, -0.25) is 25.2 Å². The number of para-hydroxylation sites is 1. The molecule has 0 N–H and O–H groups in total. The van der Waals surface area contributed by atoms with E-state index in [9.17, 15) is 20.2 Å². The summed E-state index contributed by atoms with van der Waals surface area (Å²) in [7, 11) is 0. The van der Waals surface area contributed by atoms with Crippen molar-refractivity contribution in [3.8, 4) is 11.5 Å². The van der Waals surface area contributed by atoms with Crippen LogP contribution in [0.1, 0.15) is 11.1 Å². The molecule has 0 aliphatic rings. The van der Waals surface area contributed by atoms with Gasteiger partial charge in [0.25, 0.3) is 5.69 Å². The molecule has 0 fully saturated rings. The van der Waals surface area contributed by atoms with E-state index in [1.54, 1.807) is 24.4 Å². The van der Waals surface area contributed by atoms with Crippen molar-refractivity contribution >= 4 is 34.9 Å². The molecule has 3 rings (SSSR count). The number of rotatable bonds is 6. The molecule has 0 radical (unpaired) electrons. The number of ether oxygens (including phenoxy) is 1. The lowest BCUT2D eigenvalue weighted by atomic mass is 10.2. The first-order valence-electron chi connectivity index (χ1n) is 8.35. The first kappa shape index (κ1) is 20.0. The number of non-ortho nitro benzene ring substituents is 1. The third-order valence-electron chi connectivity index (χ3n) is 4.00. The van der Waals surface area contributed by atoms with Gasteiger partial charge in [0.05, 0.1) is 21.6 Å². The van der Waals surface area contributed by atoms with Crippen molar-refractivity contribution in [2.75, 3.05) is 0 Å². The van der Waals surface area contributed by atoms with Crippen LogP contribution in [-0.4, -0.2) is 16.1 Å². The molecule has 0 heterocycles. The Morgan fingerprint density at radius 2 is 1.69 bits per heavy atom. The van der Waals surface area contributed by atoms with Crippen LogP contribution < -0.4 is 4.74 Å². The van der Waals surface area contributed by atoms with Crippen LogP contribution >= 0.6 is 11.6 Å². The summed E-state index contributed by atoms with van der Waals surface area (Å²) in [4.78, 5) is 25.2. The first-order chi connectivity index (χ1) is 13.8. The van der Waals surface area contributed by atoms with Gasteiger partial charge in [-0.1, -0.05) is 29.8 Å². The third kappa shape index (κ3) is 4.74. The number of aryl methyl sites for hydroxylation is 1. The SMILES string of the molecule is Cc1ccccc1N=Cc1cc(Cl)ccc1Oc1ccc([N+](=O)[O-])cc1[N+](=O)[O-]. The fourth-order valence-corrected chi connectivity index (χ4v) is 2.71. The van der Waals surface area contributed by atoms with Crippen molar-refractivity contribution < 1.29 is 14.6 Å². The van der Waals surface area contributed by atoms with Crippen molar-refractivity contribution in [1.29, 1.82) is 0 Å². The Bertz CT molecular complexity index is 1130. The summed E-state index contributed by atoms with van der Waals surface area (Å²) < 4.78 is 5.70. The number of aliphatic imine (C=N–C) groups is 1. The second-order valence-electron chi connectivity index (χ2n) is 6.00. The minimum absolute atomic E-state index is 0.131. The van der Waals surface area contributed by atoms with Crippen LogP contribution in [0.25, 0.3) is 0 Å². The zero-order valence-electron chi connectivity index (χ0n) is 15.1. The monoisotopic (exact) mass is 411 g/mol. The van der Waals surface area contributed by atoms with E-state index in [1.807, 2.05) is 31.2 Å². The zero-order valence-corrected chi connectivity index (χ0v) is 15.9. The molecule has 0 bridgehead atoms. The molecule has 0 unspecified atom stereocenters. The van der Waals surface area contributed by atoms with Crippen molar-refractivity contribution in [2.24, 2.45) is 4.99 Å². The minimum Gasteiger partial charge on any atom is -0.449 e. The molecule has 0 atom stereocenters. The van der Waals surface area contributed by atoms with Crippen LogP contribution in [0.4, 0.5) is 17.1 Å². The van der Waals surface area contributed by atoms with Crippen LogP contribution in [0.2, 0.25) is 5.02 Å². The Hall–Kier alpha value is -3.78. The smallest absolute Gasteiger partial charge is 0.318 e. The molecule has 0 saturated carbocycles. The molecule has 3 aromatic rings. The minimum atomic E-state index is -0.737. The molecule has 0 aliphatic carbocycles. The second kappa shape index (κ2) is 8.49. The summed E-state index contributed by atoms with van der Waals surface area (Å²) >= 11 is 6.07. The number of hydrogen-bond acceptors (Lipinski definition) is 6. The maximum atomic E-state index is 11.3. The lowest BCUT2D eigenvalue weighted by Crippen LogP contribution is -1.97. The number of hydrogen-bond donors (Lipinski definition) is 0. The van der Waals surface area contributed by atoms with Crippen molar-refractivity contribution in [1.82, 2.24) is 0 Å². The lowest BCUT2D eigenvalue weighted by Gasteiger charge is -2.09. The second-order valence-corrected chi connectivity index (χ2v) is 6.43. The standard InChI is InChI=1S/C20H14ClN3O5/c1-13-4-2-3-5-17(13)22-12-14-10-15(21)6-8-19(14)29-20-9-7-16(23(25)26)11-18(20)24(27)28/h2-12H,1H3. The van der Waals surface area contributed by atoms with Crippen LogP contribution in [-0.2, 0) is 0 Å². The molecule has 0 aromatic heterocycles. The number of benzene rings is 3. The number of nitrogens with zero attached hydrogens (tertiary/aromatic N) is 3. The average molecular weight is 412 g/mol. The molecule has 9 heteroatoms. The van der Waals surface area contributed by atoms with Gasteiger partial charge in [-0.05, 0) is 42.8 Å². The maximum absolute atomic E-state index is 11.3. The van der Waals surface area contributed by atoms with E-state index in [2.05, 4.69) is 4.99 Å². The number of halogens is 1. The first-order valence-corrected chi connectivity index (χ1v) is 8.73. The molecule has 0 spiro atoms. The molecule has 3 aromatic carbocycles. The highest BCUT2D eigenvalue weighted by Crippen LogP contribution is 2.36. The predicted molar refractivity (Wildman–Crippen MR) is 110 cm³/mol. The van der Waals surface area contributed by atoms with Crippen LogP contribution in [0, 0.1) is 27.2 Å². The fraction of sp³-hybridized carbons (Fsp3) is 0.0500. The normalized spacial score (nSPS) is 10.8. The van der Waals surface area contributed by atoms with E-state index in [1.165, 1.54) is 6.07 Å². The molecule has 146 valence electrons. The molecule has 0 saturated heterocycles. The molecule has 29 heavy (non-hydrogen) atoms. The maximum Gasteiger partial charge on any atom is 0.318 e. The van der Waals surface area contributed by atoms with Crippen LogP contribution in [0.3, 0.4) is 0 Å². The van der Waals surface area contributed by atoms with E-state index in [0.717, 1.165) is 23.4 Å². The Balaban J connectivity index is 2.00. The third-order valence-corrected chi connectivity index (χ3v) is 4.24. The molecular weight excluding hydrogens is 398 g/mol. The summed E-state index contributed by atoms with van der Waals surface area (Å²) in [5.74, 6) is 0.136. The van der Waals surface area contributed by atoms with Crippen LogP contribution in [0.5, 0.6) is 11.5 Å². The van der Waals surface area contributed by atoms with E-state index >= 15 is 0 Å². The summed E-state index contributed by atoms with van der Waals surface area (Å²) in [5, 5.41) is 22.7. The summed E-state index contributed by atoms with van der Waals surface area (Å²) in [6.45, 7) is 1.92. The van der Waals surface area contributed by atoms with E-state index < -0.39 is 21.2 Å². The fourth-order valence-electron chi connectivity index (χ4n) is 2.53. The number of nitro benzene ring substituents is 2. The van der Waals surface area contributed by atoms with Gasteiger partial charge in [0.2, 0.25) is 5.75 Å². The Kier molecular flexibility index (Phi) is 5.85. The zero-order chi connectivity index (χ0) is 21.0. The molecule has 0 amide bonds. The summed E-state index contributed by atoms with van der Waals surface area (Å²) in [5.41, 5.74) is 1.30. The highest BCUT2D eigenvalue weighted by molar-refractivity contribution is 6.30. The van der Waals surface area contributed by atoms with Gasteiger partial charge in [0.1, 0.15) is 5.75 Å². The van der Waals surface area contributed by atoms with Crippen molar-refractivity contribution in [3.05, 3.63) is 97.0 Å². The number of nitro groups is 2. The Morgan fingerprint density at radius 3 is 2.38 bits per heavy atom. The molecule has 0 aliphatic heterocycles. The molecular formula is C20H14ClN3O5. The van der Waals surface area contributed by atoms with Gasteiger partial charge >= 0.3 is 5.69 Å². The van der Waals surface area contributed by atoms with Gasteiger partial charge < -0.3 is 4.74 Å². The van der Waals surface area contributed by atoms with Gasteiger partial charge in [-0.25, -0.2) is 0 Å². The van der Waals surface area contributed by atoms with E-state index in [-0.39, 0.29) is 11.5 Å². The molecule has 8 nitrogen and oxygen atoms in total. The quantitative estimate of drug-likeness (QED) is 0.280. The average Bonchev–Trinajstić information content (AvgIpc) is 2.69. The van der Waals surface area contributed by atoms with Crippen LogP contribution in [0.15, 0.2) is 65.7 Å². The largest absolute Gasteiger partial charge is 0.449 e. The summed E-state index contributed by atoms with van der Waals surface area (Å²) in [6, 6.07) is 15.4. The van der Waals surface area contributed by atoms with E-state index in [0.29, 0.717) is 10.6 Å².